The predicted octanol–water partition coefficient (Wildman–Crippen LogP) is 2.03. The van der Waals surface area contributed by atoms with Crippen LogP contribution in [0.4, 0.5) is 0 Å². The highest BCUT2D eigenvalue weighted by Gasteiger charge is 2.07. The van der Waals surface area contributed by atoms with Gasteiger partial charge in [0.15, 0.2) is 0 Å². The van der Waals surface area contributed by atoms with Crippen molar-refractivity contribution in [3.8, 4) is 0 Å². The fourth-order valence-electron chi connectivity index (χ4n) is 1.000. The maximum atomic E-state index is 11.6. The van der Waals surface area contributed by atoms with Gasteiger partial charge in [-0.15, -0.1) is 0 Å². The van der Waals surface area contributed by atoms with Crippen LogP contribution in [0.1, 0.15) is 15.9 Å². The lowest BCUT2D eigenvalue weighted by molar-refractivity contribution is 0.0957. The molecule has 0 saturated heterocycles. The van der Waals surface area contributed by atoms with E-state index in [1.165, 1.54) is 0 Å². The van der Waals surface area contributed by atoms with E-state index in [4.69, 9.17) is 0 Å². The molecule has 1 rings (SSSR count). The molecule has 0 unspecified atom stereocenters. The molecule has 3 nitrogen and oxygen atoms in total. The standard InChI is InChI=1S/C10H11BrN2O/c1-7-5-12-4-3-9(7)10(14)13-6-8(2)11/h3-5H,2,6H2,1H3,(H,13,14). The summed E-state index contributed by atoms with van der Waals surface area (Å²) in [5, 5.41) is 2.73. The zero-order chi connectivity index (χ0) is 10.6. The molecule has 14 heavy (non-hydrogen) atoms. The second kappa shape index (κ2) is 4.91. The fourth-order valence-corrected chi connectivity index (χ4v) is 1.14. The number of rotatable bonds is 3. The minimum atomic E-state index is -0.106. The van der Waals surface area contributed by atoms with Crippen LogP contribution < -0.4 is 5.32 Å². The number of halogens is 1. The minimum Gasteiger partial charge on any atom is -0.347 e. The van der Waals surface area contributed by atoms with Crippen molar-refractivity contribution < 1.29 is 4.79 Å². The Hall–Kier alpha value is -1.16. The molecule has 0 spiro atoms. The van der Waals surface area contributed by atoms with Crippen LogP contribution in [0.5, 0.6) is 0 Å². The van der Waals surface area contributed by atoms with Gasteiger partial charge in [-0.1, -0.05) is 22.5 Å². The van der Waals surface area contributed by atoms with Crippen molar-refractivity contribution in [2.75, 3.05) is 6.54 Å². The summed E-state index contributed by atoms with van der Waals surface area (Å²) in [6.07, 6.45) is 3.27. The molecule has 1 N–H and O–H groups in total. The molecule has 0 radical (unpaired) electrons. The first-order valence-electron chi connectivity index (χ1n) is 4.13. The Morgan fingerprint density at radius 3 is 3.00 bits per heavy atom. The van der Waals surface area contributed by atoms with Crippen LogP contribution in [0.25, 0.3) is 0 Å². The second-order valence-corrected chi connectivity index (χ2v) is 4.01. The maximum absolute atomic E-state index is 11.6. The van der Waals surface area contributed by atoms with E-state index >= 15 is 0 Å². The van der Waals surface area contributed by atoms with Gasteiger partial charge in [-0.3, -0.25) is 9.78 Å². The Balaban J connectivity index is 2.70. The summed E-state index contributed by atoms with van der Waals surface area (Å²) in [4.78, 5) is 15.5. The lowest BCUT2D eigenvalue weighted by atomic mass is 10.1. The molecule has 0 saturated carbocycles. The molecule has 0 bridgehead atoms. The molecule has 1 amide bonds. The number of amides is 1. The van der Waals surface area contributed by atoms with Crippen molar-refractivity contribution in [2.45, 2.75) is 6.92 Å². The van der Waals surface area contributed by atoms with Crippen molar-refractivity contribution in [1.82, 2.24) is 10.3 Å². The van der Waals surface area contributed by atoms with Crippen LogP contribution in [-0.4, -0.2) is 17.4 Å². The third-order valence-corrected chi connectivity index (χ3v) is 1.99. The monoisotopic (exact) mass is 254 g/mol. The number of aromatic nitrogens is 1. The lowest BCUT2D eigenvalue weighted by Crippen LogP contribution is -2.25. The summed E-state index contributed by atoms with van der Waals surface area (Å²) < 4.78 is 0.748. The number of pyridine rings is 1. The fraction of sp³-hybridized carbons (Fsp3) is 0.200. The van der Waals surface area contributed by atoms with Gasteiger partial charge in [0.1, 0.15) is 0 Å². The second-order valence-electron chi connectivity index (χ2n) is 2.89. The average Bonchev–Trinajstić information content (AvgIpc) is 2.15. The highest BCUT2D eigenvalue weighted by Crippen LogP contribution is 2.05. The summed E-state index contributed by atoms with van der Waals surface area (Å²) in [5.41, 5.74) is 1.51. The quantitative estimate of drug-likeness (QED) is 0.897. The van der Waals surface area contributed by atoms with Crippen LogP contribution in [-0.2, 0) is 0 Å². The molecule has 4 heteroatoms. The average molecular weight is 255 g/mol. The Kier molecular flexibility index (Phi) is 3.83. The minimum absolute atomic E-state index is 0.106. The topological polar surface area (TPSA) is 42.0 Å². The van der Waals surface area contributed by atoms with Gasteiger partial charge >= 0.3 is 0 Å². The third kappa shape index (κ3) is 2.96. The van der Waals surface area contributed by atoms with Crippen LogP contribution >= 0.6 is 15.9 Å². The number of hydrogen-bond donors (Lipinski definition) is 1. The van der Waals surface area contributed by atoms with E-state index in [1.54, 1.807) is 18.5 Å². The number of aryl methyl sites for hydroxylation is 1. The number of nitrogens with one attached hydrogen (secondary N) is 1. The van der Waals surface area contributed by atoms with Crippen molar-refractivity contribution >= 4 is 21.8 Å². The van der Waals surface area contributed by atoms with E-state index in [1.807, 2.05) is 6.92 Å². The molecule has 0 aromatic carbocycles. The molecular weight excluding hydrogens is 244 g/mol. The van der Waals surface area contributed by atoms with Gasteiger partial charge in [-0.2, -0.15) is 0 Å². The molecular formula is C10H11BrN2O. The van der Waals surface area contributed by atoms with Crippen LogP contribution in [0, 0.1) is 6.92 Å². The summed E-state index contributed by atoms with van der Waals surface area (Å²) >= 11 is 3.17. The van der Waals surface area contributed by atoms with Crippen LogP contribution in [0.2, 0.25) is 0 Å². The molecule has 1 heterocycles. The van der Waals surface area contributed by atoms with Gasteiger partial charge in [0.2, 0.25) is 0 Å². The molecule has 0 fully saturated rings. The molecule has 0 aliphatic rings. The first-order chi connectivity index (χ1) is 6.61. The third-order valence-electron chi connectivity index (χ3n) is 1.71. The summed E-state index contributed by atoms with van der Waals surface area (Å²) in [6.45, 7) is 5.92. The van der Waals surface area contributed by atoms with Crippen molar-refractivity contribution in [3.05, 3.63) is 40.6 Å². The lowest BCUT2D eigenvalue weighted by Gasteiger charge is -2.05. The predicted molar refractivity (Wildman–Crippen MR) is 59.4 cm³/mol. The number of hydrogen-bond acceptors (Lipinski definition) is 2. The molecule has 0 aliphatic carbocycles. The maximum Gasteiger partial charge on any atom is 0.251 e. The van der Waals surface area contributed by atoms with Gasteiger partial charge in [0, 0.05) is 29.0 Å². The van der Waals surface area contributed by atoms with E-state index in [0.29, 0.717) is 12.1 Å². The smallest absolute Gasteiger partial charge is 0.251 e. The van der Waals surface area contributed by atoms with E-state index < -0.39 is 0 Å². The molecule has 0 aliphatic heterocycles. The van der Waals surface area contributed by atoms with Crippen molar-refractivity contribution in [1.29, 1.82) is 0 Å². The van der Waals surface area contributed by atoms with Gasteiger partial charge in [-0.05, 0) is 18.6 Å². The first kappa shape index (κ1) is 10.9. The van der Waals surface area contributed by atoms with Crippen molar-refractivity contribution in [3.63, 3.8) is 0 Å². The van der Waals surface area contributed by atoms with E-state index in [-0.39, 0.29) is 5.91 Å². The number of carbonyl (C=O) groups is 1. The van der Waals surface area contributed by atoms with E-state index in [9.17, 15) is 4.79 Å². The number of nitrogens with zero attached hydrogens (tertiary/aromatic N) is 1. The van der Waals surface area contributed by atoms with Gasteiger partial charge < -0.3 is 5.32 Å². The van der Waals surface area contributed by atoms with Crippen molar-refractivity contribution in [2.24, 2.45) is 0 Å². The van der Waals surface area contributed by atoms with Crippen LogP contribution in [0.3, 0.4) is 0 Å². The van der Waals surface area contributed by atoms with Gasteiger partial charge in [0.25, 0.3) is 5.91 Å². The molecule has 1 aromatic heterocycles. The molecule has 74 valence electrons. The highest BCUT2D eigenvalue weighted by molar-refractivity contribution is 9.11. The highest BCUT2D eigenvalue weighted by atomic mass is 79.9. The van der Waals surface area contributed by atoms with Gasteiger partial charge in [0.05, 0.1) is 0 Å². The van der Waals surface area contributed by atoms with E-state index in [2.05, 4.69) is 32.8 Å². The van der Waals surface area contributed by atoms with Crippen LogP contribution in [0.15, 0.2) is 29.5 Å². The zero-order valence-corrected chi connectivity index (χ0v) is 9.47. The Morgan fingerprint density at radius 2 is 2.43 bits per heavy atom. The van der Waals surface area contributed by atoms with E-state index in [0.717, 1.165) is 10.0 Å². The largest absolute Gasteiger partial charge is 0.347 e. The molecule has 1 aromatic rings. The number of carbonyl (C=O) groups excluding carboxylic acids is 1. The zero-order valence-electron chi connectivity index (χ0n) is 7.88. The first-order valence-corrected chi connectivity index (χ1v) is 4.92. The summed E-state index contributed by atoms with van der Waals surface area (Å²) in [5.74, 6) is -0.106. The SMILES string of the molecule is C=C(Br)CNC(=O)c1ccncc1C. The Labute approximate surface area is 91.4 Å². The van der Waals surface area contributed by atoms with Gasteiger partial charge in [-0.25, -0.2) is 0 Å². The summed E-state index contributed by atoms with van der Waals surface area (Å²) in [7, 11) is 0. The Bertz CT molecular complexity index is 363. The molecule has 0 atom stereocenters. The summed E-state index contributed by atoms with van der Waals surface area (Å²) in [6, 6.07) is 1.70. The Morgan fingerprint density at radius 1 is 1.71 bits per heavy atom. The normalized spacial score (nSPS) is 9.57.